The molecule has 1 heterocycles. The molecule has 1 aliphatic carbocycles. The van der Waals surface area contributed by atoms with Crippen LogP contribution in [0.1, 0.15) is 46.5 Å². The van der Waals surface area contributed by atoms with Crippen LogP contribution < -0.4 is 5.32 Å². The Hall–Kier alpha value is -0.0800. The highest BCUT2D eigenvalue weighted by molar-refractivity contribution is 4.91. The average molecular weight is 211 g/mol. The van der Waals surface area contributed by atoms with Crippen LogP contribution >= 0.6 is 0 Å². The number of hydrogen-bond donors (Lipinski definition) is 1. The summed E-state index contributed by atoms with van der Waals surface area (Å²) in [5.74, 6) is 0.737. The molecule has 2 nitrogen and oxygen atoms in total. The molecule has 0 aromatic rings. The molecule has 1 saturated carbocycles. The summed E-state index contributed by atoms with van der Waals surface area (Å²) >= 11 is 0. The first kappa shape index (κ1) is 11.4. The van der Waals surface area contributed by atoms with E-state index in [1.807, 2.05) is 0 Å². The Labute approximate surface area is 93.8 Å². The summed E-state index contributed by atoms with van der Waals surface area (Å²) in [6.45, 7) is 9.11. The van der Waals surface area contributed by atoms with Gasteiger partial charge in [-0.15, -0.1) is 0 Å². The molecule has 0 amide bonds. The van der Waals surface area contributed by atoms with Crippen LogP contribution in [0, 0.1) is 11.3 Å². The minimum atomic E-state index is 0.460. The van der Waals surface area contributed by atoms with Gasteiger partial charge in [0.05, 0.1) is 6.10 Å². The maximum Gasteiger partial charge on any atom is 0.0588 e. The third-order valence-electron chi connectivity index (χ3n) is 4.42. The maximum absolute atomic E-state index is 5.59. The highest BCUT2D eigenvalue weighted by Gasteiger charge is 2.35. The van der Waals surface area contributed by atoms with Gasteiger partial charge in [0, 0.05) is 19.2 Å². The van der Waals surface area contributed by atoms with E-state index in [1.165, 1.54) is 25.7 Å². The molecule has 2 heteroatoms. The van der Waals surface area contributed by atoms with Crippen molar-refractivity contribution in [3.05, 3.63) is 0 Å². The number of hydrogen-bond acceptors (Lipinski definition) is 2. The van der Waals surface area contributed by atoms with E-state index in [-0.39, 0.29) is 0 Å². The van der Waals surface area contributed by atoms with E-state index >= 15 is 0 Å². The zero-order valence-electron chi connectivity index (χ0n) is 10.4. The third kappa shape index (κ3) is 2.54. The molecule has 2 aliphatic rings. The number of rotatable bonds is 3. The molecular formula is C13H25NO. The highest BCUT2D eigenvalue weighted by Crippen LogP contribution is 2.37. The van der Waals surface area contributed by atoms with Gasteiger partial charge in [-0.25, -0.2) is 0 Å². The molecular weight excluding hydrogens is 186 g/mol. The fourth-order valence-electron chi connectivity index (χ4n) is 3.04. The third-order valence-corrected chi connectivity index (χ3v) is 4.42. The second kappa shape index (κ2) is 4.42. The minimum absolute atomic E-state index is 0.460. The molecule has 0 aromatic carbocycles. The lowest BCUT2D eigenvalue weighted by molar-refractivity contribution is 0.103. The van der Waals surface area contributed by atoms with Crippen LogP contribution in [0.25, 0.3) is 0 Å². The summed E-state index contributed by atoms with van der Waals surface area (Å²) in [6.07, 6.45) is 5.82. The predicted molar refractivity (Wildman–Crippen MR) is 62.9 cm³/mol. The average Bonchev–Trinajstić information content (AvgIpc) is 2.69. The van der Waals surface area contributed by atoms with E-state index in [0.29, 0.717) is 11.5 Å². The van der Waals surface area contributed by atoms with E-state index < -0.39 is 0 Å². The monoisotopic (exact) mass is 211 g/mol. The normalized spacial score (nSPS) is 39.8. The fraction of sp³-hybridized carbons (Fsp3) is 1.00. The van der Waals surface area contributed by atoms with Crippen LogP contribution in [0.5, 0.6) is 0 Å². The molecule has 15 heavy (non-hydrogen) atoms. The maximum atomic E-state index is 5.59. The second-order valence-electron chi connectivity index (χ2n) is 5.97. The van der Waals surface area contributed by atoms with Gasteiger partial charge < -0.3 is 10.1 Å². The molecule has 0 spiro atoms. The van der Waals surface area contributed by atoms with Crippen molar-refractivity contribution >= 4 is 0 Å². The lowest BCUT2D eigenvalue weighted by atomic mass is 9.87. The minimum Gasteiger partial charge on any atom is -0.378 e. The standard InChI is InChI=1S/C13H25NO/c1-10-11(6-8-15-10)9-14-12-5-4-7-13(12,2)3/h10-12,14H,4-9H2,1-3H3. The van der Waals surface area contributed by atoms with Gasteiger partial charge in [0.1, 0.15) is 0 Å². The van der Waals surface area contributed by atoms with E-state index in [1.54, 1.807) is 0 Å². The van der Waals surface area contributed by atoms with Gasteiger partial charge in [0.15, 0.2) is 0 Å². The van der Waals surface area contributed by atoms with E-state index in [4.69, 9.17) is 4.74 Å². The Morgan fingerprint density at radius 3 is 2.67 bits per heavy atom. The Balaban J connectivity index is 1.78. The molecule has 0 bridgehead atoms. The zero-order chi connectivity index (χ0) is 10.9. The molecule has 0 radical (unpaired) electrons. The van der Waals surface area contributed by atoms with E-state index in [0.717, 1.165) is 25.1 Å². The van der Waals surface area contributed by atoms with Crippen molar-refractivity contribution in [2.24, 2.45) is 11.3 Å². The molecule has 2 rings (SSSR count). The quantitative estimate of drug-likeness (QED) is 0.774. The van der Waals surface area contributed by atoms with E-state index in [9.17, 15) is 0 Å². The van der Waals surface area contributed by atoms with Gasteiger partial charge >= 0.3 is 0 Å². The molecule has 3 unspecified atom stereocenters. The Morgan fingerprint density at radius 1 is 1.33 bits per heavy atom. The lowest BCUT2D eigenvalue weighted by Crippen LogP contribution is -2.41. The first-order chi connectivity index (χ1) is 7.09. The van der Waals surface area contributed by atoms with Crippen molar-refractivity contribution in [1.82, 2.24) is 5.32 Å². The Morgan fingerprint density at radius 2 is 2.13 bits per heavy atom. The summed E-state index contributed by atoms with van der Waals surface area (Å²) in [6, 6.07) is 0.727. The Kier molecular flexibility index (Phi) is 3.36. The molecule has 1 N–H and O–H groups in total. The van der Waals surface area contributed by atoms with Gasteiger partial charge in [-0.1, -0.05) is 20.3 Å². The molecule has 0 aromatic heterocycles. The van der Waals surface area contributed by atoms with Gasteiger partial charge in [0.2, 0.25) is 0 Å². The predicted octanol–water partition coefficient (Wildman–Crippen LogP) is 2.58. The van der Waals surface area contributed by atoms with Crippen molar-refractivity contribution in [2.45, 2.75) is 58.6 Å². The smallest absolute Gasteiger partial charge is 0.0588 e. The number of nitrogens with one attached hydrogen (secondary N) is 1. The molecule has 1 saturated heterocycles. The SMILES string of the molecule is CC1OCCC1CNC1CCCC1(C)C. The van der Waals surface area contributed by atoms with Gasteiger partial charge in [-0.2, -0.15) is 0 Å². The van der Waals surface area contributed by atoms with Crippen LogP contribution in [-0.4, -0.2) is 25.3 Å². The highest BCUT2D eigenvalue weighted by atomic mass is 16.5. The summed E-state index contributed by atoms with van der Waals surface area (Å²) in [5.41, 5.74) is 0.503. The lowest BCUT2D eigenvalue weighted by Gasteiger charge is -2.29. The van der Waals surface area contributed by atoms with Gasteiger partial charge in [-0.05, 0) is 37.5 Å². The summed E-state index contributed by atoms with van der Waals surface area (Å²) in [7, 11) is 0. The van der Waals surface area contributed by atoms with Crippen LogP contribution in [-0.2, 0) is 4.74 Å². The fourth-order valence-corrected chi connectivity index (χ4v) is 3.04. The van der Waals surface area contributed by atoms with Gasteiger partial charge in [-0.3, -0.25) is 0 Å². The molecule has 88 valence electrons. The second-order valence-corrected chi connectivity index (χ2v) is 5.97. The van der Waals surface area contributed by atoms with Crippen molar-refractivity contribution < 1.29 is 4.74 Å². The molecule has 1 aliphatic heterocycles. The molecule has 3 atom stereocenters. The van der Waals surface area contributed by atoms with Crippen LogP contribution in [0.3, 0.4) is 0 Å². The van der Waals surface area contributed by atoms with Crippen molar-refractivity contribution in [2.75, 3.05) is 13.2 Å². The van der Waals surface area contributed by atoms with Crippen molar-refractivity contribution in [3.8, 4) is 0 Å². The zero-order valence-corrected chi connectivity index (χ0v) is 10.4. The van der Waals surface area contributed by atoms with Crippen molar-refractivity contribution in [3.63, 3.8) is 0 Å². The van der Waals surface area contributed by atoms with Crippen LogP contribution in [0.2, 0.25) is 0 Å². The van der Waals surface area contributed by atoms with Crippen molar-refractivity contribution in [1.29, 1.82) is 0 Å². The first-order valence-electron chi connectivity index (χ1n) is 6.44. The topological polar surface area (TPSA) is 21.3 Å². The Bertz CT molecular complexity index is 215. The van der Waals surface area contributed by atoms with E-state index in [2.05, 4.69) is 26.1 Å². The first-order valence-corrected chi connectivity index (χ1v) is 6.44. The summed E-state index contributed by atoms with van der Waals surface area (Å²) in [5, 5.41) is 3.76. The number of ether oxygens (including phenoxy) is 1. The largest absolute Gasteiger partial charge is 0.378 e. The van der Waals surface area contributed by atoms with Crippen LogP contribution in [0.4, 0.5) is 0 Å². The van der Waals surface area contributed by atoms with Gasteiger partial charge in [0.25, 0.3) is 0 Å². The molecule has 2 fully saturated rings. The van der Waals surface area contributed by atoms with Crippen LogP contribution in [0.15, 0.2) is 0 Å². The summed E-state index contributed by atoms with van der Waals surface area (Å²) in [4.78, 5) is 0. The summed E-state index contributed by atoms with van der Waals surface area (Å²) < 4.78 is 5.59.